The van der Waals surface area contributed by atoms with Crippen molar-refractivity contribution in [3.8, 4) is 39.1 Å². The number of aromatic nitrogens is 1. The first kappa shape index (κ1) is 32.8. The number of nitrogens with zero attached hydrogens (tertiary/aromatic N) is 2. The Kier molecular flexibility index (Phi) is 7.28. The summed E-state index contributed by atoms with van der Waals surface area (Å²) in [6.07, 6.45) is 1.83. The van der Waals surface area contributed by atoms with Gasteiger partial charge in [0.25, 0.3) is 0 Å². The molecule has 0 radical (unpaired) electrons. The highest BCUT2D eigenvalue weighted by Gasteiger charge is 2.38. The molecule has 56 heavy (non-hydrogen) atoms. The molecule has 1 aromatic heterocycles. The number of rotatable bonds is 6. The van der Waals surface area contributed by atoms with Gasteiger partial charge in [0.1, 0.15) is 0 Å². The van der Waals surface area contributed by atoms with E-state index in [2.05, 4.69) is 206 Å². The van der Waals surface area contributed by atoms with Crippen molar-refractivity contribution in [2.24, 2.45) is 0 Å². The maximum Gasteiger partial charge on any atom is 0.0543 e. The van der Waals surface area contributed by atoms with E-state index in [1.807, 2.05) is 0 Å². The molecule has 2 nitrogen and oxygen atoms in total. The van der Waals surface area contributed by atoms with Gasteiger partial charge in [-0.2, -0.15) is 0 Å². The lowest BCUT2D eigenvalue weighted by atomic mass is 9.82. The number of benzene rings is 8. The maximum absolute atomic E-state index is 2.60. The minimum Gasteiger partial charge on any atom is -0.309 e. The molecule has 2 heteroatoms. The minimum absolute atomic E-state index is 0.0950. The van der Waals surface area contributed by atoms with Crippen molar-refractivity contribution >= 4 is 38.9 Å². The molecule has 0 bridgehead atoms. The number of anilines is 3. The number of hydrogen-bond donors (Lipinski definition) is 0. The van der Waals surface area contributed by atoms with Crippen molar-refractivity contribution < 1.29 is 0 Å². The van der Waals surface area contributed by atoms with Crippen molar-refractivity contribution in [2.45, 2.75) is 39.0 Å². The predicted octanol–water partition coefficient (Wildman–Crippen LogP) is 14.4. The smallest absolute Gasteiger partial charge is 0.0543 e. The largest absolute Gasteiger partial charge is 0.309 e. The average Bonchev–Trinajstić information content (AvgIpc) is 3.87. The fourth-order valence-electron chi connectivity index (χ4n) is 9.93. The summed E-state index contributed by atoms with van der Waals surface area (Å²) in [6.45, 7) is 7.06. The predicted molar refractivity (Wildman–Crippen MR) is 236 cm³/mol. The van der Waals surface area contributed by atoms with Gasteiger partial charge in [0.2, 0.25) is 0 Å². The molecule has 0 unspecified atom stereocenters. The Labute approximate surface area is 328 Å². The van der Waals surface area contributed by atoms with Crippen molar-refractivity contribution in [3.05, 3.63) is 204 Å². The second-order valence-corrected chi connectivity index (χ2v) is 16.0. The zero-order valence-corrected chi connectivity index (χ0v) is 32.1. The van der Waals surface area contributed by atoms with Gasteiger partial charge < -0.3 is 9.47 Å². The Bertz CT molecular complexity index is 3020. The van der Waals surface area contributed by atoms with Gasteiger partial charge >= 0.3 is 0 Å². The first-order chi connectivity index (χ1) is 27.5. The summed E-state index contributed by atoms with van der Waals surface area (Å²) in [6, 6.07) is 65.5. The number of fused-ring (bicyclic) bond motifs is 9. The standard InChI is InChI=1S/C54H42N2/c1-4-35-32-36(37-29-31-51-45(33-37)42-20-11-13-25-49(42)55(51)39-17-6-5-7-18-39)28-30-48(35)56(50-26-14-22-41-40-19-9-8-16-38(40)34-44(41)50)52-27-15-24-47-53(52)43-21-10-12-23-46(43)54(47,2)3/h5-33H,4,34H2,1-3H3. The van der Waals surface area contributed by atoms with Crippen LogP contribution >= 0.6 is 0 Å². The summed E-state index contributed by atoms with van der Waals surface area (Å²) in [5.74, 6) is 0. The molecule has 1 heterocycles. The maximum atomic E-state index is 2.60. The third kappa shape index (κ3) is 4.75. The van der Waals surface area contributed by atoms with Crippen molar-refractivity contribution in [2.75, 3.05) is 4.90 Å². The van der Waals surface area contributed by atoms with Crippen LogP contribution in [-0.4, -0.2) is 4.57 Å². The Hall–Kier alpha value is -6.64. The molecule has 268 valence electrons. The highest BCUT2D eigenvalue weighted by Crippen LogP contribution is 2.56. The van der Waals surface area contributed by atoms with Crippen LogP contribution in [0.1, 0.15) is 48.6 Å². The Morgan fingerprint density at radius 2 is 1.18 bits per heavy atom. The summed E-state index contributed by atoms with van der Waals surface area (Å²) >= 11 is 0. The summed E-state index contributed by atoms with van der Waals surface area (Å²) in [5.41, 5.74) is 22.0. The number of para-hydroxylation sites is 2. The van der Waals surface area contributed by atoms with E-state index in [0.717, 1.165) is 12.8 Å². The Morgan fingerprint density at radius 3 is 2.05 bits per heavy atom. The summed E-state index contributed by atoms with van der Waals surface area (Å²) < 4.78 is 2.39. The van der Waals surface area contributed by atoms with Crippen LogP contribution in [0.4, 0.5) is 17.1 Å². The van der Waals surface area contributed by atoms with E-state index >= 15 is 0 Å². The molecule has 0 amide bonds. The van der Waals surface area contributed by atoms with Crippen LogP contribution in [-0.2, 0) is 18.3 Å². The zero-order valence-electron chi connectivity index (χ0n) is 32.1. The van der Waals surface area contributed by atoms with Crippen LogP contribution in [0.2, 0.25) is 0 Å². The normalized spacial score (nSPS) is 13.4. The van der Waals surface area contributed by atoms with E-state index in [1.165, 1.54) is 106 Å². The molecule has 0 fully saturated rings. The second-order valence-electron chi connectivity index (χ2n) is 16.0. The lowest BCUT2D eigenvalue weighted by molar-refractivity contribution is 0.660. The molecule has 2 aliphatic rings. The van der Waals surface area contributed by atoms with Crippen LogP contribution in [0.5, 0.6) is 0 Å². The molecule has 0 atom stereocenters. The first-order valence-electron chi connectivity index (χ1n) is 20.0. The molecule has 0 aliphatic heterocycles. The molecule has 0 spiro atoms. The quantitative estimate of drug-likeness (QED) is 0.166. The van der Waals surface area contributed by atoms with Gasteiger partial charge in [-0.25, -0.2) is 0 Å². The van der Waals surface area contributed by atoms with Gasteiger partial charge in [-0.3, -0.25) is 0 Å². The highest BCUT2D eigenvalue weighted by atomic mass is 15.2. The molecule has 9 aromatic rings. The minimum atomic E-state index is -0.0950. The van der Waals surface area contributed by atoms with Crippen LogP contribution in [0.3, 0.4) is 0 Å². The van der Waals surface area contributed by atoms with Gasteiger partial charge in [-0.15, -0.1) is 0 Å². The third-order valence-corrected chi connectivity index (χ3v) is 12.6. The summed E-state index contributed by atoms with van der Waals surface area (Å²) in [7, 11) is 0. The lowest BCUT2D eigenvalue weighted by Crippen LogP contribution is -2.17. The van der Waals surface area contributed by atoms with Gasteiger partial charge in [-0.1, -0.05) is 142 Å². The number of hydrogen-bond acceptors (Lipinski definition) is 1. The molecule has 0 saturated heterocycles. The molecule has 0 saturated carbocycles. The van der Waals surface area contributed by atoms with Gasteiger partial charge in [-0.05, 0) is 117 Å². The SMILES string of the molecule is CCc1cc(-c2ccc3c(c2)c2ccccc2n3-c2ccccc2)ccc1N(c1cccc2c1Cc1ccccc1-2)c1cccc2c1-c1ccccc1C2(C)C. The molecular formula is C54H42N2. The van der Waals surface area contributed by atoms with Gasteiger partial charge in [0.15, 0.2) is 0 Å². The fraction of sp³-hybridized carbons (Fsp3) is 0.111. The average molecular weight is 719 g/mol. The summed E-state index contributed by atoms with van der Waals surface area (Å²) in [4.78, 5) is 2.60. The second kappa shape index (κ2) is 12.4. The molecule has 0 N–H and O–H groups in total. The summed E-state index contributed by atoms with van der Waals surface area (Å²) in [5, 5.41) is 2.54. The van der Waals surface area contributed by atoms with Crippen LogP contribution in [0.15, 0.2) is 176 Å². The van der Waals surface area contributed by atoms with E-state index in [0.29, 0.717) is 0 Å². The van der Waals surface area contributed by atoms with Crippen LogP contribution in [0.25, 0.3) is 60.9 Å². The van der Waals surface area contributed by atoms with Crippen molar-refractivity contribution in [3.63, 3.8) is 0 Å². The Balaban J connectivity index is 1.11. The van der Waals surface area contributed by atoms with Gasteiger partial charge in [0.05, 0.1) is 22.4 Å². The Morgan fingerprint density at radius 1 is 0.518 bits per heavy atom. The van der Waals surface area contributed by atoms with E-state index in [4.69, 9.17) is 0 Å². The van der Waals surface area contributed by atoms with E-state index in [9.17, 15) is 0 Å². The lowest BCUT2D eigenvalue weighted by Gasteiger charge is -2.32. The zero-order chi connectivity index (χ0) is 37.5. The number of aryl methyl sites for hydroxylation is 1. The molecule has 2 aliphatic carbocycles. The molecule has 8 aromatic carbocycles. The molecular weight excluding hydrogens is 677 g/mol. The van der Waals surface area contributed by atoms with Gasteiger partial charge in [0, 0.05) is 39.5 Å². The first-order valence-corrected chi connectivity index (χ1v) is 20.0. The van der Waals surface area contributed by atoms with Crippen LogP contribution in [0, 0.1) is 0 Å². The monoisotopic (exact) mass is 718 g/mol. The third-order valence-electron chi connectivity index (χ3n) is 12.6. The fourth-order valence-corrected chi connectivity index (χ4v) is 9.93. The van der Waals surface area contributed by atoms with Crippen molar-refractivity contribution in [1.29, 1.82) is 0 Å². The topological polar surface area (TPSA) is 8.17 Å². The van der Waals surface area contributed by atoms with E-state index in [-0.39, 0.29) is 5.41 Å². The van der Waals surface area contributed by atoms with E-state index in [1.54, 1.807) is 0 Å². The van der Waals surface area contributed by atoms with E-state index < -0.39 is 0 Å². The van der Waals surface area contributed by atoms with Crippen molar-refractivity contribution in [1.82, 2.24) is 4.57 Å². The molecule has 11 rings (SSSR count). The highest BCUT2D eigenvalue weighted by molar-refractivity contribution is 6.10. The van der Waals surface area contributed by atoms with Crippen LogP contribution < -0.4 is 4.90 Å².